The summed E-state index contributed by atoms with van der Waals surface area (Å²) in [6, 6.07) is 4.21. The maximum atomic E-state index is 12.7. The maximum Gasteiger partial charge on any atom is 0.239 e. The van der Waals surface area contributed by atoms with Crippen LogP contribution in [-0.2, 0) is 4.79 Å². The SMILES string of the molecule is CN1CCCCC(N2CCC(c3nnc4ccc(C5CC5)nn34)CC2)C1=O. The molecule has 1 unspecified atom stereocenters. The van der Waals surface area contributed by atoms with Crippen LogP contribution in [-0.4, -0.2) is 68.2 Å². The molecule has 1 saturated carbocycles. The number of hydrogen-bond acceptors (Lipinski definition) is 5. The van der Waals surface area contributed by atoms with E-state index in [0.29, 0.717) is 17.7 Å². The number of carbonyl (C=O) groups is 1. The molecule has 4 heterocycles. The number of carbonyl (C=O) groups excluding carboxylic acids is 1. The van der Waals surface area contributed by atoms with Crippen LogP contribution in [0.5, 0.6) is 0 Å². The van der Waals surface area contributed by atoms with Gasteiger partial charge in [0.2, 0.25) is 5.91 Å². The van der Waals surface area contributed by atoms with Crippen LogP contribution in [0.1, 0.15) is 68.3 Å². The summed E-state index contributed by atoms with van der Waals surface area (Å²) in [6.45, 7) is 2.80. The highest BCUT2D eigenvalue weighted by atomic mass is 16.2. The molecule has 144 valence electrons. The normalized spacial score (nSPS) is 25.9. The molecule has 0 aromatic carbocycles. The Kier molecular flexibility index (Phi) is 4.34. The number of amides is 1. The van der Waals surface area contributed by atoms with E-state index in [2.05, 4.69) is 21.2 Å². The zero-order valence-corrected chi connectivity index (χ0v) is 16.0. The zero-order chi connectivity index (χ0) is 18.4. The first-order chi connectivity index (χ1) is 13.2. The van der Waals surface area contributed by atoms with Crippen molar-refractivity contribution < 1.29 is 4.79 Å². The van der Waals surface area contributed by atoms with Crippen LogP contribution in [0.2, 0.25) is 0 Å². The number of likely N-dealkylation sites (N-methyl/N-ethyl adjacent to an activating group) is 1. The van der Waals surface area contributed by atoms with Gasteiger partial charge in [0.25, 0.3) is 0 Å². The molecule has 2 aromatic heterocycles. The van der Waals surface area contributed by atoms with Gasteiger partial charge in [-0.3, -0.25) is 9.69 Å². The molecular formula is C20H28N6O. The monoisotopic (exact) mass is 368 g/mol. The number of hydrogen-bond donors (Lipinski definition) is 0. The third-order valence-electron chi connectivity index (χ3n) is 6.52. The topological polar surface area (TPSA) is 66.6 Å². The van der Waals surface area contributed by atoms with Crippen LogP contribution in [0.4, 0.5) is 0 Å². The average Bonchev–Trinajstić information content (AvgIpc) is 3.48. The van der Waals surface area contributed by atoms with Gasteiger partial charge in [-0.05, 0) is 70.2 Å². The third kappa shape index (κ3) is 3.22. The van der Waals surface area contributed by atoms with Crippen molar-refractivity contribution in [1.82, 2.24) is 29.6 Å². The van der Waals surface area contributed by atoms with Gasteiger partial charge in [-0.2, -0.15) is 9.61 Å². The Bertz CT molecular complexity index is 836. The molecule has 2 aromatic rings. The van der Waals surface area contributed by atoms with E-state index in [1.165, 1.54) is 18.5 Å². The summed E-state index contributed by atoms with van der Waals surface area (Å²) in [5.74, 6) is 2.30. The predicted molar refractivity (Wildman–Crippen MR) is 102 cm³/mol. The lowest BCUT2D eigenvalue weighted by atomic mass is 9.94. The first-order valence-electron chi connectivity index (χ1n) is 10.4. The molecule has 27 heavy (non-hydrogen) atoms. The Morgan fingerprint density at radius 1 is 0.926 bits per heavy atom. The van der Waals surface area contributed by atoms with Crippen molar-refractivity contribution in [2.24, 2.45) is 0 Å². The molecule has 5 rings (SSSR count). The Labute approximate surface area is 159 Å². The molecule has 1 aliphatic carbocycles. The van der Waals surface area contributed by atoms with Crippen LogP contribution in [0.25, 0.3) is 5.65 Å². The minimum Gasteiger partial charge on any atom is -0.344 e. The second-order valence-electron chi connectivity index (χ2n) is 8.44. The molecule has 3 aliphatic rings. The Morgan fingerprint density at radius 3 is 2.52 bits per heavy atom. The van der Waals surface area contributed by atoms with Crippen molar-refractivity contribution >= 4 is 11.6 Å². The summed E-state index contributed by atoms with van der Waals surface area (Å²) >= 11 is 0. The van der Waals surface area contributed by atoms with Crippen molar-refractivity contribution in [1.29, 1.82) is 0 Å². The molecular weight excluding hydrogens is 340 g/mol. The fourth-order valence-corrected chi connectivity index (χ4v) is 4.65. The summed E-state index contributed by atoms with van der Waals surface area (Å²) in [5, 5.41) is 13.6. The first-order valence-corrected chi connectivity index (χ1v) is 10.4. The predicted octanol–water partition coefficient (Wildman–Crippen LogP) is 2.19. The van der Waals surface area contributed by atoms with E-state index in [-0.39, 0.29) is 6.04 Å². The van der Waals surface area contributed by atoms with Gasteiger partial charge >= 0.3 is 0 Å². The molecule has 7 heteroatoms. The van der Waals surface area contributed by atoms with E-state index in [4.69, 9.17) is 5.10 Å². The van der Waals surface area contributed by atoms with Crippen LogP contribution in [0, 0.1) is 0 Å². The number of likely N-dealkylation sites (tertiary alicyclic amines) is 2. The Morgan fingerprint density at radius 2 is 1.74 bits per heavy atom. The molecule has 2 saturated heterocycles. The van der Waals surface area contributed by atoms with Crippen molar-refractivity contribution in [3.8, 4) is 0 Å². The van der Waals surface area contributed by atoms with Gasteiger partial charge < -0.3 is 4.90 Å². The largest absolute Gasteiger partial charge is 0.344 e. The van der Waals surface area contributed by atoms with Gasteiger partial charge in [0.1, 0.15) is 0 Å². The summed E-state index contributed by atoms with van der Waals surface area (Å²) in [7, 11) is 1.94. The van der Waals surface area contributed by atoms with E-state index < -0.39 is 0 Å². The molecule has 7 nitrogen and oxygen atoms in total. The van der Waals surface area contributed by atoms with Crippen molar-refractivity contribution in [3.63, 3.8) is 0 Å². The minimum absolute atomic E-state index is 0.0631. The van der Waals surface area contributed by atoms with E-state index >= 15 is 0 Å². The lowest BCUT2D eigenvalue weighted by Gasteiger charge is -2.36. The quantitative estimate of drug-likeness (QED) is 0.831. The van der Waals surface area contributed by atoms with Gasteiger partial charge in [0.15, 0.2) is 11.5 Å². The number of rotatable bonds is 3. The van der Waals surface area contributed by atoms with Gasteiger partial charge in [-0.15, -0.1) is 10.2 Å². The molecule has 0 N–H and O–H groups in total. The first kappa shape index (κ1) is 17.1. The maximum absolute atomic E-state index is 12.7. The van der Waals surface area contributed by atoms with Gasteiger partial charge in [-0.1, -0.05) is 0 Å². The number of piperidine rings is 1. The van der Waals surface area contributed by atoms with Crippen molar-refractivity contribution in [3.05, 3.63) is 23.7 Å². The van der Waals surface area contributed by atoms with E-state index in [0.717, 1.165) is 63.2 Å². The summed E-state index contributed by atoms with van der Waals surface area (Å²) in [4.78, 5) is 17.0. The standard InChI is InChI=1S/C20H28N6O/c1-24-11-3-2-4-17(20(24)27)25-12-9-15(10-13-25)19-22-21-18-8-7-16(14-5-6-14)23-26(18)19/h7-8,14-15,17H,2-6,9-13H2,1H3. The molecule has 1 amide bonds. The lowest BCUT2D eigenvalue weighted by molar-refractivity contribution is -0.135. The van der Waals surface area contributed by atoms with E-state index in [1.807, 2.05) is 22.5 Å². The van der Waals surface area contributed by atoms with Crippen LogP contribution in [0.3, 0.4) is 0 Å². The van der Waals surface area contributed by atoms with Crippen molar-refractivity contribution in [2.75, 3.05) is 26.7 Å². The van der Waals surface area contributed by atoms with Gasteiger partial charge in [0.05, 0.1) is 11.7 Å². The summed E-state index contributed by atoms with van der Waals surface area (Å²) < 4.78 is 1.97. The van der Waals surface area contributed by atoms with Gasteiger partial charge in [-0.25, -0.2) is 0 Å². The lowest BCUT2D eigenvalue weighted by Crippen LogP contribution is -2.49. The third-order valence-corrected chi connectivity index (χ3v) is 6.52. The Hall–Kier alpha value is -2.02. The Balaban J connectivity index is 1.31. The van der Waals surface area contributed by atoms with E-state index in [1.54, 1.807) is 0 Å². The van der Waals surface area contributed by atoms with Crippen molar-refractivity contribution in [2.45, 2.75) is 62.8 Å². The molecule has 0 bridgehead atoms. The highest BCUT2D eigenvalue weighted by Gasteiger charge is 2.34. The van der Waals surface area contributed by atoms with Gasteiger partial charge in [0, 0.05) is 25.4 Å². The molecule has 3 fully saturated rings. The number of fused-ring (bicyclic) bond motifs is 1. The van der Waals surface area contributed by atoms with Crippen LogP contribution < -0.4 is 0 Å². The van der Waals surface area contributed by atoms with Crippen LogP contribution >= 0.6 is 0 Å². The zero-order valence-electron chi connectivity index (χ0n) is 16.0. The minimum atomic E-state index is 0.0631. The number of nitrogens with zero attached hydrogens (tertiary/aromatic N) is 6. The van der Waals surface area contributed by atoms with Crippen LogP contribution in [0.15, 0.2) is 12.1 Å². The number of aromatic nitrogens is 4. The molecule has 0 radical (unpaired) electrons. The second kappa shape index (κ2) is 6.86. The highest BCUT2D eigenvalue weighted by Crippen LogP contribution is 2.39. The highest BCUT2D eigenvalue weighted by molar-refractivity contribution is 5.81. The fraction of sp³-hybridized carbons (Fsp3) is 0.700. The average molecular weight is 368 g/mol. The smallest absolute Gasteiger partial charge is 0.239 e. The fourth-order valence-electron chi connectivity index (χ4n) is 4.65. The summed E-state index contributed by atoms with van der Waals surface area (Å²) in [6.07, 6.45) is 7.79. The molecule has 1 atom stereocenters. The second-order valence-corrected chi connectivity index (χ2v) is 8.44. The van der Waals surface area contributed by atoms with E-state index in [9.17, 15) is 4.79 Å². The summed E-state index contributed by atoms with van der Waals surface area (Å²) in [5.41, 5.74) is 2.02. The molecule has 2 aliphatic heterocycles. The molecule has 0 spiro atoms.